The van der Waals surface area contributed by atoms with E-state index >= 15 is 0 Å². The first-order valence-corrected chi connectivity index (χ1v) is 10.9. The maximum Gasteiger partial charge on any atom is 0.236 e. The SMILES string of the molecule is O=C1[C@H](Sc2ccccc2)CC[C@@H]2[C@H]3C[C@@H](CN12)[C@@H]1CCCCN1C3. The van der Waals surface area contributed by atoms with Gasteiger partial charge in [0.1, 0.15) is 0 Å². The quantitative estimate of drug-likeness (QED) is 0.808. The molecule has 0 aromatic heterocycles. The van der Waals surface area contributed by atoms with E-state index in [1.807, 2.05) is 6.07 Å². The minimum absolute atomic E-state index is 0.125. The second-order valence-electron chi connectivity index (χ2n) is 8.37. The summed E-state index contributed by atoms with van der Waals surface area (Å²) >= 11 is 1.78. The molecule has 0 N–H and O–H groups in total. The Bertz CT molecular complexity index is 636. The molecule has 0 aliphatic carbocycles. The first-order chi connectivity index (χ1) is 12.3. The van der Waals surface area contributed by atoms with Crippen LogP contribution in [0.1, 0.15) is 38.5 Å². The summed E-state index contributed by atoms with van der Waals surface area (Å²) in [5.41, 5.74) is 0. The summed E-state index contributed by atoms with van der Waals surface area (Å²) in [5, 5.41) is 0.125. The fraction of sp³-hybridized carbons (Fsp3) is 0.667. The summed E-state index contributed by atoms with van der Waals surface area (Å²) in [4.78, 5) is 19.6. The van der Waals surface area contributed by atoms with Crippen LogP contribution in [0.2, 0.25) is 0 Å². The Kier molecular flexibility index (Phi) is 4.29. The van der Waals surface area contributed by atoms with Crippen molar-refractivity contribution >= 4 is 17.7 Å². The van der Waals surface area contributed by atoms with Crippen molar-refractivity contribution < 1.29 is 4.79 Å². The average molecular weight is 357 g/mol. The highest BCUT2D eigenvalue weighted by Crippen LogP contribution is 2.44. The van der Waals surface area contributed by atoms with Crippen molar-refractivity contribution in [1.82, 2.24) is 9.80 Å². The van der Waals surface area contributed by atoms with Gasteiger partial charge in [0.2, 0.25) is 5.91 Å². The molecule has 4 aliphatic heterocycles. The van der Waals surface area contributed by atoms with Gasteiger partial charge in [-0.25, -0.2) is 0 Å². The van der Waals surface area contributed by atoms with E-state index in [1.165, 1.54) is 50.1 Å². The van der Waals surface area contributed by atoms with Crippen LogP contribution in [-0.4, -0.2) is 52.7 Å². The number of hydrogen-bond donors (Lipinski definition) is 0. The number of amides is 1. The Labute approximate surface area is 155 Å². The molecular weight excluding hydrogens is 328 g/mol. The van der Waals surface area contributed by atoms with Crippen molar-refractivity contribution in [3.05, 3.63) is 30.3 Å². The number of nitrogens with zero attached hydrogens (tertiary/aromatic N) is 2. The third-order valence-electron chi connectivity index (χ3n) is 6.96. The minimum atomic E-state index is 0.125. The Morgan fingerprint density at radius 2 is 1.76 bits per heavy atom. The van der Waals surface area contributed by atoms with Crippen LogP contribution in [0.3, 0.4) is 0 Å². The molecule has 134 valence electrons. The summed E-state index contributed by atoms with van der Waals surface area (Å²) in [6, 6.07) is 11.7. The molecule has 5 atom stereocenters. The zero-order valence-corrected chi connectivity index (χ0v) is 15.7. The molecule has 1 aromatic carbocycles. The Balaban J connectivity index is 1.33. The van der Waals surface area contributed by atoms with Crippen LogP contribution in [0.4, 0.5) is 0 Å². The molecule has 4 saturated heterocycles. The van der Waals surface area contributed by atoms with E-state index in [1.54, 1.807) is 11.8 Å². The maximum atomic E-state index is 13.2. The lowest BCUT2D eigenvalue weighted by Gasteiger charge is -2.57. The second-order valence-corrected chi connectivity index (χ2v) is 9.64. The molecule has 3 nitrogen and oxygen atoms in total. The van der Waals surface area contributed by atoms with Crippen LogP contribution >= 0.6 is 11.8 Å². The minimum Gasteiger partial charge on any atom is -0.338 e. The lowest BCUT2D eigenvalue weighted by atomic mass is 9.71. The lowest BCUT2D eigenvalue weighted by Crippen LogP contribution is -2.65. The van der Waals surface area contributed by atoms with E-state index in [-0.39, 0.29) is 5.25 Å². The molecule has 5 rings (SSSR count). The molecule has 1 amide bonds. The summed E-state index contributed by atoms with van der Waals surface area (Å²) in [7, 11) is 0. The Hall–Kier alpha value is -1.00. The van der Waals surface area contributed by atoms with Crippen LogP contribution in [0, 0.1) is 11.8 Å². The fourth-order valence-corrected chi connectivity index (χ4v) is 7.00. The second kappa shape index (κ2) is 6.62. The molecule has 25 heavy (non-hydrogen) atoms. The molecule has 0 spiro atoms. The zero-order valence-electron chi connectivity index (χ0n) is 14.8. The molecule has 0 radical (unpaired) electrons. The lowest BCUT2D eigenvalue weighted by molar-refractivity contribution is -0.147. The number of piperidine rings is 4. The summed E-state index contributed by atoms with van der Waals surface area (Å²) in [6.07, 6.45) is 7.72. The largest absolute Gasteiger partial charge is 0.338 e. The van der Waals surface area contributed by atoms with E-state index in [4.69, 9.17) is 0 Å². The summed E-state index contributed by atoms with van der Waals surface area (Å²) in [5.74, 6) is 1.86. The number of thioether (sulfide) groups is 1. The Morgan fingerprint density at radius 3 is 2.64 bits per heavy atom. The first-order valence-electron chi connectivity index (χ1n) is 10.1. The van der Waals surface area contributed by atoms with Crippen LogP contribution in [0.25, 0.3) is 0 Å². The molecular formula is C21H28N2OS. The van der Waals surface area contributed by atoms with Gasteiger partial charge in [0.25, 0.3) is 0 Å². The predicted molar refractivity (Wildman–Crippen MR) is 102 cm³/mol. The fourth-order valence-electron chi connectivity index (χ4n) is 5.86. The van der Waals surface area contributed by atoms with Gasteiger partial charge in [0.15, 0.2) is 0 Å². The van der Waals surface area contributed by atoms with E-state index in [2.05, 4.69) is 34.1 Å². The van der Waals surface area contributed by atoms with Gasteiger partial charge in [-0.1, -0.05) is 24.6 Å². The molecule has 4 fully saturated rings. The standard InChI is InChI=1S/C21H28N2OS/c24-21-20(25-17-6-2-1-3-7-17)10-9-19-15-12-16(14-23(19)21)18-8-4-5-11-22(18)13-15/h1-3,6-7,15-16,18-20H,4-5,8-14H2/t15-,16-,18-,19+,20+/m0/s1. The number of hydrogen-bond acceptors (Lipinski definition) is 3. The third kappa shape index (κ3) is 2.91. The zero-order chi connectivity index (χ0) is 16.8. The molecule has 4 heteroatoms. The van der Waals surface area contributed by atoms with Crippen molar-refractivity contribution in [2.24, 2.45) is 11.8 Å². The van der Waals surface area contributed by atoms with Crippen LogP contribution in [0.15, 0.2) is 35.2 Å². The third-order valence-corrected chi connectivity index (χ3v) is 8.23. The monoisotopic (exact) mass is 356 g/mol. The van der Waals surface area contributed by atoms with Crippen LogP contribution < -0.4 is 0 Å². The number of benzene rings is 1. The molecule has 1 aromatic rings. The molecule has 0 saturated carbocycles. The van der Waals surface area contributed by atoms with Crippen molar-refractivity contribution in [2.75, 3.05) is 19.6 Å². The number of fused-ring (bicyclic) bond motifs is 6. The Morgan fingerprint density at radius 1 is 0.920 bits per heavy atom. The highest BCUT2D eigenvalue weighted by atomic mass is 32.2. The normalized spacial score (nSPS) is 38.2. The summed E-state index contributed by atoms with van der Waals surface area (Å²) in [6.45, 7) is 3.56. The van der Waals surface area contributed by atoms with Gasteiger partial charge in [0, 0.05) is 30.1 Å². The van der Waals surface area contributed by atoms with Gasteiger partial charge >= 0.3 is 0 Å². The van der Waals surface area contributed by atoms with Gasteiger partial charge in [0.05, 0.1) is 5.25 Å². The smallest absolute Gasteiger partial charge is 0.236 e. The molecule has 4 aliphatic rings. The molecule has 4 heterocycles. The maximum absolute atomic E-state index is 13.2. The van der Waals surface area contributed by atoms with Gasteiger partial charge in [-0.2, -0.15) is 0 Å². The van der Waals surface area contributed by atoms with Gasteiger partial charge in [-0.3, -0.25) is 9.69 Å². The summed E-state index contributed by atoms with van der Waals surface area (Å²) < 4.78 is 0. The van der Waals surface area contributed by atoms with E-state index in [0.717, 1.165) is 30.8 Å². The average Bonchev–Trinajstić information content (AvgIpc) is 2.65. The number of rotatable bonds is 2. The van der Waals surface area contributed by atoms with Crippen molar-refractivity contribution in [3.63, 3.8) is 0 Å². The first kappa shape index (κ1) is 16.2. The molecule has 2 bridgehead atoms. The van der Waals surface area contributed by atoms with Gasteiger partial charge in [-0.15, -0.1) is 11.8 Å². The van der Waals surface area contributed by atoms with Crippen LogP contribution in [-0.2, 0) is 4.79 Å². The van der Waals surface area contributed by atoms with Gasteiger partial charge in [-0.05, 0) is 62.6 Å². The molecule has 0 unspecified atom stereocenters. The topological polar surface area (TPSA) is 23.6 Å². The van der Waals surface area contributed by atoms with Gasteiger partial charge < -0.3 is 4.90 Å². The van der Waals surface area contributed by atoms with Crippen molar-refractivity contribution in [2.45, 2.75) is 60.8 Å². The van der Waals surface area contributed by atoms with Crippen molar-refractivity contribution in [1.29, 1.82) is 0 Å². The van der Waals surface area contributed by atoms with Crippen LogP contribution in [0.5, 0.6) is 0 Å². The predicted octanol–water partition coefficient (Wildman–Crippen LogP) is 3.64. The highest BCUT2D eigenvalue weighted by Gasteiger charge is 2.49. The van der Waals surface area contributed by atoms with E-state index in [0.29, 0.717) is 11.9 Å². The number of carbonyl (C=O) groups excluding carboxylic acids is 1. The van der Waals surface area contributed by atoms with Crippen molar-refractivity contribution in [3.8, 4) is 0 Å². The van der Waals surface area contributed by atoms with E-state index in [9.17, 15) is 4.79 Å². The van der Waals surface area contributed by atoms with E-state index < -0.39 is 0 Å². The highest BCUT2D eigenvalue weighted by molar-refractivity contribution is 8.00. The number of carbonyl (C=O) groups is 1.